The number of benzene rings is 2. The van der Waals surface area contributed by atoms with Gasteiger partial charge in [0.2, 0.25) is 0 Å². The number of hydrogen-bond acceptors (Lipinski definition) is 4. The van der Waals surface area contributed by atoms with Crippen molar-refractivity contribution < 1.29 is 14.1 Å². The first-order valence-corrected chi connectivity index (χ1v) is 6.38. The van der Waals surface area contributed by atoms with Gasteiger partial charge in [-0.05, 0) is 24.3 Å². The molecular formula is C14H9ClFN3O3. The number of hydrogen-bond donors (Lipinski definition) is 1. The Morgan fingerprint density at radius 3 is 2.77 bits per heavy atom. The van der Waals surface area contributed by atoms with Crippen LogP contribution in [0.15, 0.2) is 47.6 Å². The van der Waals surface area contributed by atoms with E-state index in [9.17, 15) is 19.3 Å². The number of nitrogens with zero attached hydrogens (tertiary/aromatic N) is 2. The molecule has 2 aromatic carbocycles. The fourth-order valence-corrected chi connectivity index (χ4v) is 1.81. The summed E-state index contributed by atoms with van der Waals surface area (Å²) in [4.78, 5) is 21.8. The standard InChI is InChI=1S/C14H9ClFN3O3/c15-13-7-11(16)5-4-10(13)8-17-18-14(20)9-2-1-3-12(6-9)19(21)22/h1-8H,(H,18,20). The fourth-order valence-electron chi connectivity index (χ4n) is 1.59. The first-order valence-electron chi connectivity index (χ1n) is 6.00. The maximum Gasteiger partial charge on any atom is 0.271 e. The number of carbonyl (C=O) groups excluding carboxylic acids is 1. The van der Waals surface area contributed by atoms with E-state index in [1.807, 2.05) is 0 Å². The number of halogens is 2. The predicted molar refractivity (Wildman–Crippen MR) is 79.6 cm³/mol. The molecule has 2 aromatic rings. The Labute approximate surface area is 129 Å². The molecule has 0 unspecified atom stereocenters. The Balaban J connectivity index is 2.08. The zero-order valence-corrected chi connectivity index (χ0v) is 11.7. The van der Waals surface area contributed by atoms with E-state index in [0.717, 1.165) is 12.1 Å². The summed E-state index contributed by atoms with van der Waals surface area (Å²) in [5, 5.41) is 14.5. The van der Waals surface area contributed by atoms with Crippen molar-refractivity contribution in [1.29, 1.82) is 0 Å². The molecule has 0 spiro atoms. The monoisotopic (exact) mass is 321 g/mol. The van der Waals surface area contributed by atoms with E-state index in [4.69, 9.17) is 11.6 Å². The Bertz CT molecular complexity index is 765. The van der Waals surface area contributed by atoms with Gasteiger partial charge in [0.05, 0.1) is 16.2 Å². The quantitative estimate of drug-likeness (QED) is 0.533. The van der Waals surface area contributed by atoms with E-state index >= 15 is 0 Å². The molecule has 1 amide bonds. The zero-order valence-electron chi connectivity index (χ0n) is 11.0. The summed E-state index contributed by atoms with van der Waals surface area (Å²) in [5.74, 6) is -1.10. The van der Waals surface area contributed by atoms with Gasteiger partial charge >= 0.3 is 0 Å². The normalized spacial score (nSPS) is 10.6. The van der Waals surface area contributed by atoms with Gasteiger partial charge in [-0.3, -0.25) is 14.9 Å². The van der Waals surface area contributed by atoms with E-state index in [0.29, 0.717) is 5.56 Å². The van der Waals surface area contributed by atoms with Crippen molar-refractivity contribution in [2.45, 2.75) is 0 Å². The minimum atomic E-state index is -0.613. The Hall–Kier alpha value is -2.80. The third kappa shape index (κ3) is 3.86. The fraction of sp³-hybridized carbons (Fsp3) is 0. The van der Waals surface area contributed by atoms with Crippen LogP contribution in [0.2, 0.25) is 5.02 Å². The van der Waals surface area contributed by atoms with Gasteiger partial charge in [0, 0.05) is 23.3 Å². The molecule has 0 fully saturated rings. The molecule has 0 aliphatic carbocycles. The van der Waals surface area contributed by atoms with Crippen LogP contribution in [0.5, 0.6) is 0 Å². The van der Waals surface area contributed by atoms with Gasteiger partial charge in [-0.25, -0.2) is 9.82 Å². The summed E-state index contributed by atoms with van der Waals surface area (Å²) >= 11 is 5.80. The second-order valence-electron chi connectivity index (χ2n) is 4.17. The third-order valence-electron chi connectivity index (χ3n) is 2.65. The molecule has 0 bridgehead atoms. The highest BCUT2D eigenvalue weighted by atomic mass is 35.5. The van der Waals surface area contributed by atoms with Gasteiger partial charge in [0.15, 0.2) is 0 Å². The molecule has 0 saturated carbocycles. The van der Waals surface area contributed by atoms with Gasteiger partial charge in [0.25, 0.3) is 11.6 Å². The number of nitrogens with one attached hydrogen (secondary N) is 1. The summed E-state index contributed by atoms with van der Waals surface area (Å²) in [7, 11) is 0. The van der Waals surface area contributed by atoms with Crippen molar-refractivity contribution in [3.8, 4) is 0 Å². The minimum Gasteiger partial charge on any atom is -0.267 e. The van der Waals surface area contributed by atoms with Crippen LogP contribution < -0.4 is 5.43 Å². The lowest BCUT2D eigenvalue weighted by Gasteiger charge is -2.00. The van der Waals surface area contributed by atoms with E-state index in [-0.39, 0.29) is 16.3 Å². The van der Waals surface area contributed by atoms with Crippen LogP contribution in [0.25, 0.3) is 0 Å². The highest BCUT2D eigenvalue weighted by Gasteiger charge is 2.10. The molecule has 0 heterocycles. The van der Waals surface area contributed by atoms with Crippen LogP contribution in [-0.4, -0.2) is 17.0 Å². The van der Waals surface area contributed by atoms with Crippen molar-refractivity contribution in [2.75, 3.05) is 0 Å². The molecule has 0 aliphatic rings. The van der Waals surface area contributed by atoms with Crippen molar-refractivity contribution in [3.63, 3.8) is 0 Å². The largest absolute Gasteiger partial charge is 0.271 e. The molecule has 112 valence electrons. The minimum absolute atomic E-state index is 0.0940. The summed E-state index contributed by atoms with van der Waals surface area (Å²) in [6.45, 7) is 0. The molecule has 0 radical (unpaired) electrons. The zero-order chi connectivity index (χ0) is 16.1. The number of rotatable bonds is 4. The van der Waals surface area contributed by atoms with Gasteiger partial charge in [-0.2, -0.15) is 5.10 Å². The average molecular weight is 322 g/mol. The van der Waals surface area contributed by atoms with Crippen molar-refractivity contribution >= 4 is 29.4 Å². The maximum atomic E-state index is 12.9. The van der Waals surface area contributed by atoms with Crippen LogP contribution >= 0.6 is 11.6 Å². The lowest BCUT2D eigenvalue weighted by atomic mass is 10.2. The summed E-state index contributed by atoms with van der Waals surface area (Å²) in [5.41, 5.74) is 2.53. The summed E-state index contributed by atoms with van der Waals surface area (Å²) < 4.78 is 12.9. The van der Waals surface area contributed by atoms with Gasteiger partial charge in [0.1, 0.15) is 5.82 Å². The highest BCUT2D eigenvalue weighted by molar-refractivity contribution is 6.33. The average Bonchev–Trinajstić information content (AvgIpc) is 2.49. The molecule has 8 heteroatoms. The Kier molecular flexibility index (Phi) is 4.80. The third-order valence-corrected chi connectivity index (χ3v) is 2.98. The van der Waals surface area contributed by atoms with Gasteiger partial charge < -0.3 is 0 Å². The number of nitro benzene ring substituents is 1. The molecular weight excluding hydrogens is 313 g/mol. The lowest BCUT2D eigenvalue weighted by molar-refractivity contribution is -0.384. The number of carbonyl (C=O) groups is 1. The predicted octanol–water partition coefficient (Wildman–Crippen LogP) is 3.15. The Morgan fingerprint density at radius 2 is 2.09 bits per heavy atom. The molecule has 2 rings (SSSR count). The first kappa shape index (κ1) is 15.6. The lowest BCUT2D eigenvalue weighted by Crippen LogP contribution is -2.17. The summed E-state index contributed by atoms with van der Waals surface area (Å²) in [6, 6.07) is 8.95. The van der Waals surface area contributed by atoms with Crippen LogP contribution in [0.4, 0.5) is 10.1 Å². The first-order chi connectivity index (χ1) is 10.5. The van der Waals surface area contributed by atoms with Crippen LogP contribution in [0, 0.1) is 15.9 Å². The molecule has 0 saturated heterocycles. The molecule has 0 aliphatic heterocycles. The maximum absolute atomic E-state index is 12.9. The molecule has 0 atom stereocenters. The summed E-state index contributed by atoms with van der Waals surface area (Å²) in [6.07, 6.45) is 1.25. The van der Waals surface area contributed by atoms with E-state index in [2.05, 4.69) is 10.5 Å². The Morgan fingerprint density at radius 1 is 1.32 bits per heavy atom. The van der Waals surface area contributed by atoms with E-state index < -0.39 is 16.6 Å². The molecule has 1 N–H and O–H groups in total. The van der Waals surface area contributed by atoms with Gasteiger partial charge in [-0.1, -0.05) is 17.7 Å². The number of nitro groups is 1. The van der Waals surface area contributed by atoms with Crippen molar-refractivity contribution in [2.24, 2.45) is 5.10 Å². The van der Waals surface area contributed by atoms with Crippen LogP contribution in [0.1, 0.15) is 15.9 Å². The van der Waals surface area contributed by atoms with Crippen molar-refractivity contribution in [1.82, 2.24) is 5.43 Å². The van der Waals surface area contributed by atoms with Crippen LogP contribution in [-0.2, 0) is 0 Å². The van der Waals surface area contributed by atoms with Gasteiger partial charge in [-0.15, -0.1) is 0 Å². The second-order valence-corrected chi connectivity index (χ2v) is 4.58. The SMILES string of the molecule is O=C(NN=Cc1ccc(F)cc1Cl)c1cccc([N+](=O)[O-])c1. The molecule has 6 nitrogen and oxygen atoms in total. The highest BCUT2D eigenvalue weighted by Crippen LogP contribution is 2.15. The van der Waals surface area contributed by atoms with Crippen molar-refractivity contribution in [3.05, 3.63) is 74.5 Å². The smallest absolute Gasteiger partial charge is 0.267 e. The number of non-ortho nitro benzene ring substituents is 1. The number of amides is 1. The topological polar surface area (TPSA) is 84.6 Å². The van der Waals surface area contributed by atoms with Crippen LogP contribution in [0.3, 0.4) is 0 Å². The number of hydrazone groups is 1. The molecule has 22 heavy (non-hydrogen) atoms. The second kappa shape index (κ2) is 6.77. The van der Waals surface area contributed by atoms with E-state index in [1.165, 1.54) is 36.5 Å². The van der Waals surface area contributed by atoms with E-state index in [1.54, 1.807) is 0 Å². The molecule has 0 aromatic heterocycles.